The van der Waals surface area contributed by atoms with Crippen molar-refractivity contribution in [1.29, 1.82) is 0 Å². The number of carbonyl (C=O) groups is 1. The summed E-state index contributed by atoms with van der Waals surface area (Å²) in [5, 5.41) is 6.23. The summed E-state index contributed by atoms with van der Waals surface area (Å²) in [6, 6.07) is 18.9. The maximum atomic E-state index is 12.4. The molecule has 0 bridgehead atoms. The smallest absolute Gasteiger partial charge is 0.258 e. The lowest BCUT2D eigenvalue weighted by Gasteiger charge is -2.11. The molecule has 0 fully saturated rings. The lowest BCUT2D eigenvalue weighted by atomic mass is 9.98. The first-order chi connectivity index (χ1) is 15.8. The number of halogens is 1. The number of thiocarbonyl (C=S) groups is 1. The van der Waals surface area contributed by atoms with Crippen LogP contribution in [0.15, 0.2) is 65.1 Å². The first kappa shape index (κ1) is 23.0. The summed E-state index contributed by atoms with van der Waals surface area (Å²) in [6.45, 7) is 6.29. The van der Waals surface area contributed by atoms with Crippen LogP contribution in [-0.4, -0.2) is 16.0 Å². The topological polar surface area (TPSA) is 67.2 Å². The van der Waals surface area contributed by atoms with E-state index in [0.29, 0.717) is 22.4 Å². The molecule has 0 aliphatic carbocycles. The Balaban J connectivity index is 1.43. The number of nitrogens with zero attached hydrogens (tertiary/aromatic N) is 1. The monoisotopic (exact) mass is 477 g/mol. The molecule has 0 saturated heterocycles. The number of nitrogens with one attached hydrogen (secondary N) is 2. The quantitative estimate of drug-likeness (QED) is 0.300. The average molecular weight is 478 g/mol. The van der Waals surface area contributed by atoms with Crippen LogP contribution in [0.1, 0.15) is 47.7 Å². The number of hydrogen-bond donors (Lipinski definition) is 2. The Labute approximate surface area is 203 Å². The third-order valence-corrected chi connectivity index (χ3v) is 6.10. The molecule has 2 N–H and O–H groups in total. The number of benzene rings is 3. The van der Waals surface area contributed by atoms with E-state index in [4.69, 9.17) is 28.2 Å². The molecule has 1 aromatic heterocycles. The molecule has 0 aliphatic heterocycles. The SMILES string of the molecule is CC[C@H](C)c1ccc2oc(-c3ccc(NC(=S)NC(=O)c4ccc(C)cc4Cl)cc3)nc2c1. The molecule has 4 rings (SSSR count). The zero-order valence-corrected chi connectivity index (χ0v) is 20.2. The second-order valence-electron chi connectivity index (χ2n) is 8.02. The van der Waals surface area contributed by atoms with Crippen LogP contribution in [0, 0.1) is 6.92 Å². The van der Waals surface area contributed by atoms with E-state index >= 15 is 0 Å². The molecule has 7 heteroatoms. The van der Waals surface area contributed by atoms with E-state index in [0.717, 1.165) is 34.3 Å². The predicted molar refractivity (Wildman–Crippen MR) is 138 cm³/mol. The fraction of sp³-hybridized carbons (Fsp3) is 0.192. The first-order valence-electron chi connectivity index (χ1n) is 10.7. The highest BCUT2D eigenvalue weighted by atomic mass is 35.5. The summed E-state index contributed by atoms with van der Waals surface area (Å²) in [5.41, 5.74) is 5.80. The van der Waals surface area contributed by atoms with Gasteiger partial charge in [0, 0.05) is 11.3 Å². The van der Waals surface area contributed by atoms with Crippen LogP contribution in [0.3, 0.4) is 0 Å². The Morgan fingerprint density at radius 3 is 2.58 bits per heavy atom. The van der Waals surface area contributed by atoms with E-state index < -0.39 is 0 Å². The lowest BCUT2D eigenvalue weighted by Crippen LogP contribution is -2.34. The molecule has 168 valence electrons. The van der Waals surface area contributed by atoms with Gasteiger partial charge in [0.15, 0.2) is 10.7 Å². The molecule has 3 aromatic carbocycles. The molecule has 0 saturated carbocycles. The molecule has 0 aliphatic rings. The molecule has 1 amide bonds. The van der Waals surface area contributed by atoms with Gasteiger partial charge in [0.2, 0.25) is 5.89 Å². The molecule has 0 unspecified atom stereocenters. The molecule has 0 spiro atoms. The van der Waals surface area contributed by atoms with Gasteiger partial charge in [-0.05, 0) is 91.1 Å². The number of anilines is 1. The van der Waals surface area contributed by atoms with Crippen LogP contribution < -0.4 is 10.6 Å². The molecule has 1 atom stereocenters. The maximum Gasteiger partial charge on any atom is 0.258 e. The summed E-state index contributed by atoms with van der Waals surface area (Å²) in [6.07, 6.45) is 1.07. The van der Waals surface area contributed by atoms with Crippen LogP contribution in [0.5, 0.6) is 0 Å². The minimum Gasteiger partial charge on any atom is -0.436 e. The number of carbonyl (C=O) groups excluding carboxylic acids is 1. The second kappa shape index (κ2) is 9.73. The Bertz CT molecular complexity index is 1330. The number of fused-ring (bicyclic) bond motifs is 1. The molecule has 5 nitrogen and oxygen atoms in total. The van der Waals surface area contributed by atoms with Crippen molar-refractivity contribution in [3.8, 4) is 11.5 Å². The van der Waals surface area contributed by atoms with Crippen molar-refractivity contribution in [2.45, 2.75) is 33.1 Å². The number of aromatic nitrogens is 1. The number of oxazole rings is 1. The van der Waals surface area contributed by atoms with E-state index in [2.05, 4.69) is 41.6 Å². The van der Waals surface area contributed by atoms with Gasteiger partial charge in [-0.2, -0.15) is 0 Å². The van der Waals surface area contributed by atoms with E-state index in [1.165, 1.54) is 5.56 Å². The summed E-state index contributed by atoms with van der Waals surface area (Å²) in [5.74, 6) is 0.673. The van der Waals surface area contributed by atoms with Crippen molar-refractivity contribution in [2.75, 3.05) is 5.32 Å². The van der Waals surface area contributed by atoms with Gasteiger partial charge in [0.1, 0.15) is 5.52 Å². The summed E-state index contributed by atoms with van der Waals surface area (Å²) < 4.78 is 5.94. The predicted octanol–water partition coefficient (Wildman–Crippen LogP) is 7.10. The number of rotatable bonds is 5. The molecular weight excluding hydrogens is 454 g/mol. The largest absolute Gasteiger partial charge is 0.436 e. The minimum atomic E-state index is -0.364. The van der Waals surface area contributed by atoms with Crippen LogP contribution in [0.4, 0.5) is 5.69 Å². The highest BCUT2D eigenvalue weighted by molar-refractivity contribution is 7.80. The van der Waals surface area contributed by atoms with Crippen molar-refractivity contribution < 1.29 is 9.21 Å². The zero-order chi connectivity index (χ0) is 23.5. The highest BCUT2D eigenvalue weighted by Gasteiger charge is 2.13. The molecule has 33 heavy (non-hydrogen) atoms. The standard InChI is InChI=1S/C26H24ClN3O2S/c1-4-16(3)18-8-12-23-22(14-18)29-25(32-23)17-6-9-19(10-7-17)28-26(33)30-24(31)20-11-5-15(2)13-21(20)27/h5-14,16H,4H2,1-3H3,(H2,28,30,31,33)/t16-/m0/s1. The van der Waals surface area contributed by atoms with Gasteiger partial charge in [-0.1, -0.05) is 37.6 Å². The number of amides is 1. The molecule has 0 radical (unpaired) electrons. The summed E-state index contributed by atoms with van der Waals surface area (Å²) >= 11 is 11.4. The van der Waals surface area contributed by atoms with E-state index in [1.807, 2.05) is 43.3 Å². The van der Waals surface area contributed by atoms with Gasteiger partial charge in [0.25, 0.3) is 5.91 Å². The Kier molecular flexibility index (Phi) is 6.77. The summed E-state index contributed by atoms with van der Waals surface area (Å²) in [7, 11) is 0. The van der Waals surface area contributed by atoms with E-state index in [1.54, 1.807) is 12.1 Å². The third-order valence-electron chi connectivity index (χ3n) is 5.58. The van der Waals surface area contributed by atoms with Gasteiger partial charge < -0.3 is 9.73 Å². The average Bonchev–Trinajstić information content (AvgIpc) is 3.22. The van der Waals surface area contributed by atoms with Crippen LogP contribution in [0.2, 0.25) is 5.02 Å². The number of aryl methyl sites for hydroxylation is 1. The Morgan fingerprint density at radius 1 is 1.12 bits per heavy atom. The first-order valence-corrected chi connectivity index (χ1v) is 11.5. The third kappa shape index (κ3) is 5.24. The minimum absolute atomic E-state index is 0.184. The van der Waals surface area contributed by atoms with Gasteiger partial charge in [-0.25, -0.2) is 4.98 Å². The number of hydrogen-bond acceptors (Lipinski definition) is 4. The van der Waals surface area contributed by atoms with Gasteiger partial charge in [-0.3, -0.25) is 10.1 Å². The fourth-order valence-electron chi connectivity index (χ4n) is 3.44. The maximum absolute atomic E-state index is 12.4. The van der Waals surface area contributed by atoms with Crippen molar-refractivity contribution in [3.63, 3.8) is 0 Å². The second-order valence-corrected chi connectivity index (χ2v) is 8.84. The zero-order valence-electron chi connectivity index (χ0n) is 18.6. The normalized spacial score (nSPS) is 11.9. The molecule has 1 heterocycles. The molecule has 4 aromatic rings. The van der Waals surface area contributed by atoms with Crippen molar-refractivity contribution >= 4 is 51.6 Å². The van der Waals surface area contributed by atoms with Crippen molar-refractivity contribution in [3.05, 3.63) is 82.4 Å². The Morgan fingerprint density at radius 2 is 1.88 bits per heavy atom. The van der Waals surface area contributed by atoms with Gasteiger partial charge in [-0.15, -0.1) is 0 Å². The van der Waals surface area contributed by atoms with E-state index in [-0.39, 0.29) is 11.0 Å². The van der Waals surface area contributed by atoms with Gasteiger partial charge in [0.05, 0.1) is 10.6 Å². The van der Waals surface area contributed by atoms with Crippen LogP contribution >= 0.6 is 23.8 Å². The van der Waals surface area contributed by atoms with Crippen LogP contribution in [0.25, 0.3) is 22.6 Å². The molecular formula is C26H24ClN3O2S. The Hall–Kier alpha value is -3.22. The highest BCUT2D eigenvalue weighted by Crippen LogP contribution is 2.28. The van der Waals surface area contributed by atoms with Gasteiger partial charge >= 0.3 is 0 Å². The van der Waals surface area contributed by atoms with Crippen LogP contribution in [-0.2, 0) is 0 Å². The fourth-order valence-corrected chi connectivity index (χ4v) is 3.97. The van der Waals surface area contributed by atoms with Crippen molar-refractivity contribution in [1.82, 2.24) is 10.3 Å². The lowest BCUT2D eigenvalue weighted by molar-refractivity contribution is 0.0978. The summed E-state index contributed by atoms with van der Waals surface area (Å²) in [4.78, 5) is 17.1. The van der Waals surface area contributed by atoms with Crippen molar-refractivity contribution in [2.24, 2.45) is 0 Å². The van der Waals surface area contributed by atoms with E-state index in [9.17, 15) is 4.79 Å².